The van der Waals surface area contributed by atoms with Gasteiger partial charge in [-0.1, -0.05) is 69.4 Å². The van der Waals surface area contributed by atoms with E-state index in [1.165, 1.54) is 32.1 Å². The summed E-state index contributed by atoms with van der Waals surface area (Å²) in [6.45, 7) is 2.22. The second-order valence-corrected chi connectivity index (χ2v) is 4.31. The summed E-state index contributed by atoms with van der Waals surface area (Å²) in [5.41, 5.74) is 0.857. The van der Waals surface area contributed by atoms with E-state index in [4.69, 9.17) is 0 Å². The summed E-state index contributed by atoms with van der Waals surface area (Å²) in [6.07, 6.45) is 8.13. The van der Waals surface area contributed by atoms with Crippen molar-refractivity contribution in [3.8, 4) is 0 Å². The van der Waals surface area contributed by atoms with E-state index >= 15 is 0 Å². The highest BCUT2D eigenvalue weighted by molar-refractivity contribution is 5.95. The first-order chi connectivity index (χ1) is 7.84. The quantitative estimate of drug-likeness (QED) is 0.471. The predicted octanol–water partition coefficient (Wildman–Crippen LogP) is 4.77. The van der Waals surface area contributed by atoms with Crippen molar-refractivity contribution in [1.82, 2.24) is 0 Å². The minimum absolute atomic E-state index is 0. The van der Waals surface area contributed by atoms with Crippen LogP contribution in [0.15, 0.2) is 30.3 Å². The number of carbonyl (C=O) groups is 1. The van der Waals surface area contributed by atoms with E-state index in [-0.39, 0.29) is 10.5 Å². The van der Waals surface area contributed by atoms with Crippen LogP contribution in [-0.2, 0) is 0 Å². The average molecular weight is 238 g/mol. The summed E-state index contributed by atoms with van der Waals surface area (Å²) in [6, 6.07) is 9.60. The molecule has 0 spiro atoms. The highest BCUT2D eigenvalue weighted by Gasteiger charge is 2.03. The van der Waals surface area contributed by atoms with Gasteiger partial charge < -0.3 is 0 Å². The van der Waals surface area contributed by atoms with Crippen LogP contribution in [0.3, 0.4) is 0 Å². The van der Waals surface area contributed by atoms with Gasteiger partial charge in [0.05, 0.1) is 0 Å². The van der Waals surface area contributed by atoms with Crippen molar-refractivity contribution in [2.45, 2.75) is 51.9 Å². The molecule has 0 fully saturated rings. The van der Waals surface area contributed by atoms with Crippen molar-refractivity contribution in [3.63, 3.8) is 0 Å². The standard InChI is InChI=1S/C15H22O.FH/c1-2-3-4-5-6-10-13-15(16)14-11-8-7-9-12-14;/h7-9,11-12H,2-6,10,13H2,1H3;1H. The van der Waals surface area contributed by atoms with E-state index in [2.05, 4.69) is 6.92 Å². The normalized spacial score (nSPS) is 9.71. The fourth-order valence-corrected chi connectivity index (χ4v) is 1.83. The molecule has 1 nitrogen and oxygen atoms in total. The summed E-state index contributed by atoms with van der Waals surface area (Å²) in [5.74, 6) is 0.288. The molecule has 0 aliphatic carbocycles. The van der Waals surface area contributed by atoms with E-state index in [1.807, 2.05) is 30.3 Å². The van der Waals surface area contributed by atoms with Crippen molar-refractivity contribution in [3.05, 3.63) is 35.9 Å². The third-order valence-corrected chi connectivity index (χ3v) is 2.85. The molecule has 0 saturated carbocycles. The highest BCUT2D eigenvalue weighted by Crippen LogP contribution is 2.10. The van der Waals surface area contributed by atoms with E-state index in [0.29, 0.717) is 6.42 Å². The van der Waals surface area contributed by atoms with Crippen molar-refractivity contribution in [2.75, 3.05) is 0 Å². The Kier molecular flexibility index (Phi) is 9.31. The van der Waals surface area contributed by atoms with E-state index in [9.17, 15) is 4.79 Å². The molecule has 0 saturated heterocycles. The molecular formula is C15H23FO. The van der Waals surface area contributed by atoms with Crippen LogP contribution in [0, 0.1) is 0 Å². The number of unbranched alkanes of at least 4 members (excludes halogenated alkanes) is 5. The number of hydrogen-bond acceptors (Lipinski definition) is 1. The topological polar surface area (TPSA) is 17.1 Å². The lowest BCUT2D eigenvalue weighted by Crippen LogP contribution is -1.98. The molecule has 0 atom stereocenters. The van der Waals surface area contributed by atoms with Gasteiger partial charge in [0, 0.05) is 12.0 Å². The van der Waals surface area contributed by atoms with Gasteiger partial charge in [-0.3, -0.25) is 9.50 Å². The summed E-state index contributed by atoms with van der Waals surface area (Å²) in [5, 5.41) is 0. The zero-order valence-corrected chi connectivity index (χ0v) is 10.7. The van der Waals surface area contributed by atoms with Gasteiger partial charge in [0.1, 0.15) is 0 Å². The van der Waals surface area contributed by atoms with Gasteiger partial charge in [0.15, 0.2) is 5.78 Å². The minimum atomic E-state index is 0. The van der Waals surface area contributed by atoms with Gasteiger partial charge in [-0.05, 0) is 6.42 Å². The van der Waals surface area contributed by atoms with Crippen LogP contribution in [-0.4, -0.2) is 5.78 Å². The van der Waals surface area contributed by atoms with Crippen LogP contribution in [0.1, 0.15) is 62.2 Å². The number of rotatable bonds is 8. The molecule has 1 aromatic rings. The number of benzene rings is 1. The van der Waals surface area contributed by atoms with Crippen LogP contribution < -0.4 is 0 Å². The monoisotopic (exact) mass is 238 g/mol. The molecule has 0 amide bonds. The molecule has 0 bridgehead atoms. The van der Waals surface area contributed by atoms with Crippen LogP contribution in [0.25, 0.3) is 0 Å². The Labute approximate surface area is 104 Å². The van der Waals surface area contributed by atoms with E-state index < -0.39 is 0 Å². The molecule has 0 unspecified atom stereocenters. The van der Waals surface area contributed by atoms with Crippen molar-refractivity contribution >= 4 is 5.78 Å². The van der Waals surface area contributed by atoms with Gasteiger partial charge >= 0.3 is 0 Å². The molecule has 1 rings (SSSR count). The first-order valence-corrected chi connectivity index (χ1v) is 6.43. The smallest absolute Gasteiger partial charge is 0.162 e. The second kappa shape index (κ2) is 10.0. The molecule has 96 valence electrons. The zero-order valence-electron chi connectivity index (χ0n) is 10.7. The van der Waals surface area contributed by atoms with Gasteiger partial charge in [-0.2, -0.15) is 0 Å². The zero-order chi connectivity index (χ0) is 11.6. The van der Waals surface area contributed by atoms with E-state index in [1.54, 1.807) is 0 Å². The summed E-state index contributed by atoms with van der Waals surface area (Å²) >= 11 is 0. The van der Waals surface area contributed by atoms with Crippen molar-refractivity contribution in [2.24, 2.45) is 0 Å². The van der Waals surface area contributed by atoms with Crippen LogP contribution in [0.4, 0.5) is 4.70 Å². The first-order valence-electron chi connectivity index (χ1n) is 6.43. The number of hydrogen-bond donors (Lipinski definition) is 0. The Morgan fingerprint density at radius 2 is 1.53 bits per heavy atom. The lowest BCUT2D eigenvalue weighted by molar-refractivity contribution is 0.0979. The minimum Gasteiger partial charge on any atom is -0.294 e. The van der Waals surface area contributed by atoms with Crippen LogP contribution >= 0.6 is 0 Å². The predicted molar refractivity (Wildman–Crippen MR) is 71.3 cm³/mol. The Bertz CT molecular complexity index is 295. The Morgan fingerprint density at radius 1 is 0.941 bits per heavy atom. The maximum absolute atomic E-state index is 11.7. The third-order valence-electron chi connectivity index (χ3n) is 2.85. The summed E-state index contributed by atoms with van der Waals surface area (Å²) < 4.78 is 0. The second-order valence-electron chi connectivity index (χ2n) is 4.31. The molecule has 2 heteroatoms. The number of carbonyl (C=O) groups excluding carboxylic acids is 1. The third kappa shape index (κ3) is 6.88. The number of halogens is 1. The summed E-state index contributed by atoms with van der Waals surface area (Å²) in [4.78, 5) is 11.7. The van der Waals surface area contributed by atoms with Crippen molar-refractivity contribution in [1.29, 1.82) is 0 Å². The average Bonchev–Trinajstić information content (AvgIpc) is 2.34. The molecule has 0 N–H and O–H groups in total. The molecule has 17 heavy (non-hydrogen) atoms. The van der Waals surface area contributed by atoms with E-state index in [0.717, 1.165) is 12.0 Å². The fourth-order valence-electron chi connectivity index (χ4n) is 1.83. The number of ketones is 1. The molecule has 0 heterocycles. The largest absolute Gasteiger partial charge is 0.294 e. The maximum Gasteiger partial charge on any atom is 0.162 e. The lowest BCUT2D eigenvalue weighted by atomic mass is 10.0. The van der Waals surface area contributed by atoms with Crippen molar-refractivity contribution < 1.29 is 9.50 Å². The lowest BCUT2D eigenvalue weighted by Gasteiger charge is -2.01. The van der Waals surface area contributed by atoms with Gasteiger partial charge in [-0.25, -0.2) is 0 Å². The SMILES string of the molecule is CCCCCCCCC(=O)c1ccccc1.F. The fraction of sp³-hybridized carbons (Fsp3) is 0.533. The molecule has 0 aromatic heterocycles. The molecular weight excluding hydrogens is 215 g/mol. The Morgan fingerprint density at radius 3 is 2.18 bits per heavy atom. The molecule has 1 aromatic carbocycles. The Hall–Kier alpha value is -1.18. The molecule has 0 radical (unpaired) electrons. The maximum atomic E-state index is 11.7. The molecule has 0 aliphatic rings. The van der Waals surface area contributed by atoms with Gasteiger partial charge in [0.2, 0.25) is 0 Å². The summed E-state index contributed by atoms with van der Waals surface area (Å²) in [7, 11) is 0. The Balaban J connectivity index is 0.00000256. The van der Waals surface area contributed by atoms with Crippen LogP contribution in [0.2, 0.25) is 0 Å². The first kappa shape index (κ1) is 15.8. The van der Waals surface area contributed by atoms with Gasteiger partial charge in [0.25, 0.3) is 0 Å². The molecule has 0 aliphatic heterocycles. The highest BCUT2D eigenvalue weighted by atomic mass is 19.0. The van der Waals surface area contributed by atoms with Gasteiger partial charge in [-0.15, -0.1) is 0 Å². The number of Topliss-reactive ketones (excluding diaryl/α,β-unsaturated/α-hetero) is 1. The van der Waals surface area contributed by atoms with Crippen LogP contribution in [0.5, 0.6) is 0 Å².